The van der Waals surface area contributed by atoms with Crippen LogP contribution >= 0.6 is 0 Å². The van der Waals surface area contributed by atoms with E-state index in [1.807, 2.05) is 6.92 Å². The van der Waals surface area contributed by atoms with Crippen molar-refractivity contribution in [2.24, 2.45) is 0 Å². The highest BCUT2D eigenvalue weighted by molar-refractivity contribution is 7.89. The maximum atomic E-state index is 13.2. The van der Waals surface area contributed by atoms with Gasteiger partial charge in [-0.2, -0.15) is 0 Å². The molecule has 1 unspecified atom stereocenters. The molecule has 0 fully saturated rings. The number of aryl methyl sites for hydroxylation is 1. The fraction of sp³-hybridized carbons (Fsp3) is 0.350. The Morgan fingerprint density at radius 3 is 2.26 bits per heavy atom. The Balaban J connectivity index is 2.12. The molecule has 2 rings (SSSR count). The van der Waals surface area contributed by atoms with Gasteiger partial charge in [-0.25, -0.2) is 17.5 Å². The Hall–Kier alpha value is -2.25. The van der Waals surface area contributed by atoms with Crippen LogP contribution in [0.5, 0.6) is 0 Å². The van der Waals surface area contributed by atoms with Gasteiger partial charge in [-0.05, 0) is 49.6 Å². The number of sulfonamides is 1. The molecule has 0 aromatic heterocycles. The second kappa shape index (κ2) is 9.62. The summed E-state index contributed by atoms with van der Waals surface area (Å²) in [6, 6.07) is 11.8. The number of hydrogen-bond acceptors (Lipinski definition) is 3. The van der Waals surface area contributed by atoms with Crippen molar-refractivity contribution < 1.29 is 22.7 Å². The number of carboxylic acids is 1. The van der Waals surface area contributed by atoms with Gasteiger partial charge in [0.05, 0.1) is 4.90 Å². The van der Waals surface area contributed by atoms with Gasteiger partial charge in [-0.3, -0.25) is 4.79 Å². The van der Waals surface area contributed by atoms with Gasteiger partial charge in [0, 0.05) is 12.5 Å². The van der Waals surface area contributed by atoms with Gasteiger partial charge in [-0.1, -0.05) is 42.7 Å². The van der Waals surface area contributed by atoms with Gasteiger partial charge in [0.2, 0.25) is 10.0 Å². The summed E-state index contributed by atoms with van der Waals surface area (Å²) < 4.78 is 41.3. The highest BCUT2D eigenvalue weighted by Gasteiger charge is 2.21. The molecule has 0 radical (unpaired) electrons. The topological polar surface area (TPSA) is 83.5 Å². The second-order valence-corrected chi connectivity index (χ2v) is 8.25. The molecule has 1 atom stereocenters. The summed E-state index contributed by atoms with van der Waals surface area (Å²) in [5.41, 5.74) is 1.63. The molecule has 0 aliphatic heterocycles. The normalized spacial score (nSPS) is 12.7. The Morgan fingerprint density at radius 1 is 1.04 bits per heavy atom. The van der Waals surface area contributed by atoms with Crippen molar-refractivity contribution >= 4 is 16.0 Å². The van der Waals surface area contributed by atoms with Crippen LogP contribution in [0.4, 0.5) is 4.39 Å². The van der Waals surface area contributed by atoms with Crippen LogP contribution < -0.4 is 4.72 Å². The Morgan fingerprint density at radius 2 is 1.67 bits per heavy atom. The lowest BCUT2D eigenvalue weighted by Gasteiger charge is -2.19. The summed E-state index contributed by atoms with van der Waals surface area (Å²) in [5, 5.41) is 8.70. The number of halogens is 1. The van der Waals surface area contributed by atoms with E-state index in [2.05, 4.69) is 4.72 Å². The van der Waals surface area contributed by atoms with E-state index in [9.17, 15) is 17.6 Å². The number of carboxylic acid groups (broad SMARTS) is 1. The lowest BCUT2D eigenvalue weighted by atomic mass is 10.0. The van der Waals surface area contributed by atoms with E-state index in [1.165, 1.54) is 12.1 Å². The van der Waals surface area contributed by atoms with E-state index in [0.717, 1.165) is 5.56 Å². The Kier molecular flexibility index (Phi) is 7.50. The van der Waals surface area contributed by atoms with Gasteiger partial charge < -0.3 is 5.11 Å². The van der Waals surface area contributed by atoms with Crippen molar-refractivity contribution in [1.82, 2.24) is 4.72 Å². The van der Waals surface area contributed by atoms with Crippen LogP contribution in [0.2, 0.25) is 0 Å². The highest BCUT2D eigenvalue weighted by atomic mass is 32.2. The zero-order valence-electron chi connectivity index (χ0n) is 15.2. The molecular weight excluding hydrogens is 369 g/mol. The molecule has 0 saturated heterocycles. The molecule has 2 N–H and O–H groups in total. The fourth-order valence-corrected chi connectivity index (χ4v) is 4.02. The average Bonchev–Trinajstić information content (AvgIpc) is 2.61. The summed E-state index contributed by atoms with van der Waals surface area (Å²) in [5.74, 6) is -1.23. The standard InChI is InChI=1S/C20H24FNO4S/c1-15-7-13-18(14-8-15)27(25,26)22-19(5-3-2-4-6-20(23)24)16-9-11-17(21)12-10-16/h7-14,19,22H,2-6H2,1H3,(H,23,24). The maximum Gasteiger partial charge on any atom is 0.303 e. The molecule has 0 aliphatic rings. The predicted octanol–water partition coefficient (Wildman–Crippen LogP) is 4.19. The van der Waals surface area contributed by atoms with Crippen molar-refractivity contribution in [3.63, 3.8) is 0 Å². The smallest absolute Gasteiger partial charge is 0.303 e. The first kappa shape index (κ1) is 21.1. The van der Waals surface area contributed by atoms with E-state index in [4.69, 9.17) is 5.11 Å². The number of unbranched alkanes of at least 4 members (excludes halogenated alkanes) is 2. The third-order valence-electron chi connectivity index (χ3n) is 4.28. The number of hydrogen-bond donors (Lipinski definition) is 2. The third-order valence-corrected chi connectivity index (χ3v) is 5.77. The molecular formula is C20H24FNO4S. The molecule has 5 nitrogen and oxygen atoms in total. The average molecular weight is 393 g/mol. The molecule has 0 amide bonds. The minimum atomic E-state index is -3.73. The van der Waals surface area contributed by atoms with Crippen LogP contribution in [0.1, 0.15) is 49.3 Å². The van der Waals surface area contributed by atoms with E-state index >= 15 is 0 Å². The summed E-state index contributed by atoms with van der Waals surface area (Å²) in [7, 11) is -3.73. The van der Waals surface area contributed by atoms with Crippen LogP contribution in [-0.4, -0.2) is 19.5 Å². The molecule has 0 spiro atoms. The Labute approximate surface area is 159 Å². The second-order valence-electron chi connectivity index (χ2n) is 6.53. The lowest BCUT2D eigenvalue weighted by molar-refractivity contribution is -0.137. The van der Waals surface area contributed by atoms with Crippen LogP contribution in [0.3, 0.4) is 0 Å². The summed E-state index contributed by atoms with van der Waals surface area (Å²) in [4.78, 5) is 10.8. The lowest BCUT2D eigenvalue weighted by Crippen LogP contribution is -2.28. The SMILES string of the molecule is Cc1ccc(S(=O)(=O)NC(CCCCCC(=O)O)c2ccc(F)cc2)cc1. The van der Waals surface area contributed by atoms with Crippen molar-refractivity contribution in [2.45, 2.75) is 50.0 Å². The zero-order valence-corrected chi connectivity index (χ0v) is 16.0. The Bertz CT molecular complexity index is 849. The summed E-state index contributed by atoms with van der Waals surface area (Å²) in [6.45, 7) is 1.88. The van der Waals surface area contributed by atoms with Crippen molar-refractivity contribution in [2.75, 3.05) is 0 Å². The highest BCUT2D eigenvalue weighted by Crippen LogP contribution is 2.23. The summed E-state index contributed by atoms with van der Waals surface area (Å²) in [6.07, 6.45) is 2.46. The molecule has 7 heteroatoms. The van der Waals surface area contributed by atoms with Gasteiger partial charge >= 0.3 is 5.97 Å². The van der Waals surface area contributed by atoms with Crippen molar-refractivity contribution in [3.05, 3.63) is 65.5 Å². The summed E-state index contributed by atoms with van der Waals surface area (Å²) >= 11 is 0. The van der Waals surface area contributed by atoms with Crippen molar-refractivity contribution in [1.29, 1.82) is 0 Å². The minimum absolute atomic E-state index is 0.0936. The van der Waals surface area contributed by atoms with E-state index < -0.39 is 22.0 Å². The molecule has 27 heavy (non-hydrogen) atoms. The number of nitrogens with one attached hydrogen (secondary N) is 1. The number of aliphatic carboxylic acids is 1. The van der Waals surface area contributed by atoms with Gasteiger partial charge in [0.25, 0.3) is 0 Å². The van der Waals surface area contributed by atoms with Crippen molar-refractivity contribution in [3.8, 4) is 0 Å². The molecule has 2 aromatic rings. The quantitative estimate of drug-likeness (QED) is 0.593. The zero-order chi connectivity index (χ0) is 19.9. The molecule has 0 bridgehead atoms. The first-order valence-corrected chi connectivity index (χ1v) is 10.3. The predicted molar refractivity (Wildman–Crippen MR) is 101 cm³/mol. The van der Waals surface area contributed by atoms with E-state index in [0.29, 0.717) is 31.2 Å². The van der Waals surface area contributed by atoms with Gasteiger partial charge in [0.15, 0.2) is 0 Å². The third kappa shape index (κ3) is 6.77. The van der Waals surface area contributed by atoms with Crippen LogP contribution in [0, 0.1) is 12.7 Å². The number of carbonyl (C=O) groups is 1. The van der Waals surface area contributed by atoms with Crippen LogP contribution in [-0.2, 0) is 14.8 Å². The first-order valence-electron chi connectivity index (χ1n) is 8.84. The number of rotatable bonds is 10. The van der Waals surface area contributed by atoms with E-state index in [-0.39, 0.29) is 17.1 Å². The van der Waals surface area contributed by atoms with E-state index in [1.54, 1.807) is 36.4 Å². The molecule has 0 aliphatic carbocycles. The van der Waals surface area contributed by atoms with Crippen LogP contribution in [0.25, 0.3) is 0 Å². The fourth-order valence-electron chi connectivity index (χ4n) is 2.76. The van der Waals surface area contributed by atoms with Gasteiger partial charge in [0.1, 0.15) is 5.82 Å². The molecule has 146 valence electrons. The first-order chi connectivity index (χ1) is 12.8. The number of benzene rings is 2. The van der Waals surface area contributed by atoms with Crippen LogP contribution in [0.15, 0.2) is 53.4 Å². The minimum Gasteiger partial charge on any atom is -0.481 e. The maximum absolute atomic E-state index is 13.2. The molecule has 0 heterocycles. The van der Waals surface area contributed by atoms with Gasteiger partial charge in [-0.15, -0.1) is 0 Å². The molecule has 2 aromatic carbocycles. The monoisotopic (exact) mass is 393 g/mol. The largest absolute Gasteiger partial charge is 0.481 e. The molecule has 0 saturated carbocycles.